The maximum Gasteiger partial charge on any atom is 0.168 e. The van der Waals surface area contributed by atoms with Crippen molar-refractivity contribution in [1.29, 1.82) is 0 Å². The zero-order valence-corrected chi connectivity index (χ0v) is 20.9. The Bertz CT molecular complexity index is 1750. The highest BCUT2D eigenvalue weighted by Gasteiger charge is 2.34. The molecule has 3 aromatic carbocycles. The average molecular weight is 502 g/mol. The number of fused-ring (bicyclic) bond motifs is 3. The van der Waals surface area contributed by atoms with E-state index in [1.165, 1.54) is 12.0 Å². The number of hydrogen-bond acceptors (Lipinski definition) is 4. The van der Waals surface area contributed by atoms with Gasteiger partial charge in [-0.15, -0.1) is 10.2 Å². The molecule has 180 valence electrons. The van der Waals surface area contributed by atoms with Crippen LogP contribution in [0.3, 0.4) is 0 Å². The molecule has 1 saturated carbocycles. The molecule has 0 bridgehead atoms. The molecule has 1 aliphatic rings. The SMILES string of the molecule is NC1(c2ccc(-c3nc4ccc5nnc(-c6ccc(Cl)cc6)n5c4cc3-c3ccccc3)cc2)CCC1. The predicted molar refractivity (Wildman–Crippen MR) is 149 cm³/mol. The predicted octanol–water partition coefficient (Wildman–Crippen LogP) is 7.27. The largest absolute Gasteiger partial charge is 0.321 e. The number of nitrogens with zero attached hydrogens (tertiary/aromatic N) is 4. The van der Waals surface area contributed by atoms with Gasteiger partial charge in [0.1, 0.15) is 0 Å². The van der Waals surface area contributed by atoms with Crippen molar-refractivity contribution < 1.29 is 0 Å². The lowest BCUT2D eigenvalue weighted by molar-refractivity contribution is 0.253. The second-order valence-electron chi connectivity index (χ2n) is 9.80. The smallest absolute Gasteiger partial charge is 0.168 e. The minimum absolute atomic E-state index is 0.185. The van der Waals surface area contributed by atoms with Crippen molar-refractivity contribution in [3.8, 4) is 33.8 Å². The van der Waals surface area contributed by atoms with Gasteiger partial charge in [-0.1, -0.05) is 66.2 Å². The topological polar surface area (TPSA) is 69.1 Å². The molecule has 6 aromatic rings. The van der Waals surface area contributed by atoms with E-state index in [9.17, 15) is 0 Å². The second-order valence-corrected chi connectivity index (χ2v) is 10.2. The van der Waals surface area contributed by atoms with Gasteiger partial charge >= 0.3 is 0 Å². The normalized spacial score (nSPS) is 14.6. The number of rotatable bonds is 4. The van der Waals surface area contributed by atoms with Crippen molar-refractivity contribution >= 4 is 28.3 Å². The molecular formula is C31H24ClN5. The van der Waals surface area contributed by atoms with Crippen LogP contribution < -0.4 is 5.73 Å². The van der Waals surface area contributed by atoms with Crippen LogP contribution in [0.5, 0.6) is 0 Å². The third-order valence-electron chi connectivity index (χ3n) is 7.52. The van der Waals surface area contributed by atoms with Gasteiger partial charge in [0.05, 0.1) is 16.7 Å². The first-order valence-corrected chi connectivity index (χ1v) is 12.9. The van der Waals surface area contributed by atoms with E-state index in [-0.39, 0.29) is 5.54 Å². The summed E-state index contributed by atoms with van der Waals surface area (Å²) in [6.07, 6.45) is 3.28. The number of aromatic nitrogens is 4. The van der Waals surface area contributed by atoms with Crippen molar-refractivity contribution in [2.45, 2.75) is 24.8 Å². The lowest BCUT2D eigenvalue weighted by Gasteiger charge is -2.38. The van der Waals surface area contributed by atoms with E-state index >= 15 is 0 Å². The summed E-state index contributed by atoms with van der Waals surface area (Å²) in [5.41, 5.74) is 15.3. The van der Waals surface area contributed by atoms with Crippen LogP contribution in [0.1, 0.15) is 24.8 Å². The van der Waals surface area contributed by atoms with E-state index in [0.29, 0.717) is 5.02 Å². The van der Waals surface area contributed by atoms with E-state index in [1.54, 1.807) is 0 Å². The molecular weight excluding hydrogens is 478 g/mol. The average Bonchev–Trinajstić information content (AvgIpc) is 3.37. The molecule has 37 heavy (non-hydrogen) atoms. The van der Waals surface area contributed by atoms with Crippen molar-refractivity contribution in [3.63, 3.8) is 0 Å². The Morgan fingerprint density at radius 2 is 1.49 bits per heavy atom. The van der Waals surface area contributed by atoms with Crippen LogP contribution in [0.15, 0.2) is 97.1 Å². The molecule has 0 amide bonds. The number of halogens is 1. The summed E-state index contributed by atoms with van der Waals surface area (Å²) in [6, 6.07) is 32.9. The lowest BCUT2D eigenvalue weighted by atomic mass is 9.72. The highest BCUT2D eigenvalue weighted by Crippen LogP contribution is 2.40. The summed E-state index contributed by atoms with van der Waals surface area (Å²) in [6.45, 7) is 0. The van der Waals surface area contributed by atoms with E-state index in [4.69, 9.17) is 22.3 Å². The molecule has 3 aromatic heterocycles. The minimum Gasteiger partial charge on any atom is -0.321 e. The zero-order valence-electron chi connectivity index (χ0n) is 20.1. The summed E-state index contributed by atoms with van der Waals surface area (Å²) in [5.74, 6) is 0.754. The summed E-state index contributed by atoms with van der Waals surface area (Å²) in [4.78, 5) is 5.20. The number of pyridine rings is 2. The van der Waals surface area contributed by atoms with E-state index in [1.807, 2.05) is 42.5 Å². The van der Waals surface area contributed by atoms with Gasteiger partial charge in [-0.25, -0.2) is 4.98 Å². The molecule has 6 heteroatoms. The fourth-order valence-corrected chi connectivity index (χ4v) is 5.39. The fourth-order valence-electron chi connectivity index (χ4n) is 5.26. The summed E-state index contributed by atoms with van der Waals surface area (Å²) in [5, 5.41) is 9.63. The molecule has 1 aliphatic carbocycles. The summed E-state index contributed by atoms with van der Waals surface area (Å²) < 4.78 is 2.07. The Labute approximate surface area is 219 Å². The van der Waals surface area contributed by atoms with Crippen LogP contribution in [0.4, 0.5) is 0 Å². The minimum atomic E-state index is -0.185. The summed E-state index contributed by atoms with van der Waals surface area (Å²) in [7, 11) is 0. The third kappa shape index (κ3) is 3.70. The van der Waals surface area contributed by atoms with Crippen LogP contribution in [-0.4, -0.2) is 19.6 Å². The van der Waals surface area contributed by atoms with Crippen molar-refractivity contribution in [3.05, 3.63) is 108 Å². The van der Waals surface area contributed by atoms with Crippen LogP contribution in [0, 0.1) is 0 Å². The zero-order chi connectivity index (χ0) is 25.0. The first-order valence-electron chi connectivity index (χ1n) is 12.5. The summed E-state index contributed by atoms with van der Waals surface area (Å²) >= 11 is 6.14. The van der Waals surface area contributed by atoms with Crippen LogP contribution in [0.25, 0.3) is 50.5 Å². The Balaban J connectivity index is 1.46. The molecule has 1 fully saturated rings. The molecule has 2 N–H and O–H groups in total. The molecule has 7 rings (SSSR count). The maximum atomic E-state index is 6.58. The van der Waals surface area contributed by atoms with Gasteiger partial charge in [0.15, 0.2) is 11.5 Å². The first kappa shape index (κ1) is 22.2. The standard InChI is InChI=1S/C31H24ClN5/c32-24-13-9-22(10-14-24)30-36-35-28-16-15-26-27(37(28)30)19-25(20-5-2-1-3-6-20)29(34-26)21-7-11-23(12-8-21)31(33)17-4-18-31/h1-3,5-16,19H,4,17-18,33H2. The molecule has 5 nitrogen and oxygen atoms in total. The molecule has 0 saturated heterocycles. The quantitative estimate of drug-likeness (QED) is 0.276. The van der Waals surface area contributed by atoms with Gasteiger partial charge in [-0.3, -0.25) is 4.40 Å². The van der Waals surface area contributed by atoms with Gasteiger partial charge in [-0.05, 0) is 72.9 Å². The van der Waals surface area contributed by atoms with Crippen LogP contribution >= 0.6 is 11.6 Å². The van der Waals surface area contributed by atoms with E-state index in [2.05, 4.69) is 69.2 Å². The van der Waals surface area contributed by atoms with Crippen LogP contribution in [0.2, 0.25) is 5.02 Å². The van der Waals surface area contributed by atoms with E-state index < -0.39 is 0 Å². The number of hydrogen-bond donors (Lipinski definition) is 1. The van der Waals surface area contributed by atoms with Crippen molar-refractivity contribution in [2.75, 3.05) is 0 Å². The van der Waals surface area contributed by atoms with E-state index in [0.717, 1.165) is 63.3 Å². The Morgan fingerprint density at radius 1 is 0.757 bits per heavy atom. The Morgan fingerprint density at radius 3 is 2.19 bits per heavy atom. The molecule has 3 heterocycles. The molecule has 0 aliphatic heterocycles. The monoisotopic (exact) mass is 501 g/mol. The highest BCUT2D eigenvalue weighted by atomic mass is 35.5. The molecule has 0 unspecified atom stereocenters. The van der Waals surface area contributed by atoms with Gasteiger partial charge in [0, 0.05) is 27.3 Å². The van der Waals surface area contributed by atoms with Gasteiger partial charge in [0.2, 0.25) is 0 Å². The van der Waals surface area contributed by atoms with Crippen molar-refractivity contribution in [1.82, 2.24) is 19.6 Å². The fraction of sp³-hybridized carbons (Fsp3) is 0.129. The number of benzene rings is 3. The Kier molecular flexibility index (Phi) is 5.10. The third-order valence-corrected chi connectivity index (χ3v) is 7.77. The highest BCUT2D eigenvalue weighted by molar-refractivity contribution is 6.30. The maximum absolute atomic E-state index is 6.58. The number of nitrogens with two attached hydrogens (primary N) is 1. The van der Waals surface area contributed by atoms with Gasteiger partial charge in [-0.2, -0.15) is 0 Å². The Hall–Kier alpha value is -4.06. The second kappa shape index (κ2) is 8.51. The first-order chi connectivity index (χ1) is 18.1. The molecule has 0 spiro atoms. The van der Waals surface area contributed by atoms with Gasteiger partial charge in [0.25, 0.3) is 0 Å². The van der Waals surface area contributed by atoms with Crippen LogP contribution in [-0.2, 0) is 5.54 Å². The van der Waals surface area contributed by atoms with Gasteiger partial charge < -0.3 is 5.73 Å². The van der Waals surface area contributed by atoms with Crippen molar-refractivity contribution in [2.24, 2.45) is 5.73 Å². The molecule has 0 atom stereocenters. The lowest BCUT2D eigenvalue weighted by Crippen LogP contribution is -2.43. The molecule has 0 radical (unpaired) electrons.